The van der Waals surface area contributed by atoms with E-state index in [-0.39, 0.29) is 10.8 Å². The Balaban J connectivity index is 0.000000192. The van der Waals surface area contributed by atoms with Crippen molar-refractivity contribution >= 4 is 44.3 Å². The van der Waals surface area contributed by atoms with Crippen molar-refractivity contribution in [1.82, 2.24) is 0 Å². The van der Waals surface area contributed by atoms with Crippen LogP contribution in [-0.2, 0) is 25.0 Å². The van der Waals surface area contributed by atoms with Crippen LogP contribution in [0.3, 0.4) is 0 Å². The SMILES string of the molecule is Cc1cc(C)c(OC(=O)OC(C)(C)C)c(-c2cc(C)cc(C)c2OP(Oc2ccc(-c3ccccc3)cc2)Oc2ccc(-c3ccccc3)cc2)c1.Cc1cc(C)c(OC(=O)OC(C)(C)C)c(-c2cc(C)cc(C)c2OP(Oc2ccc(C)cc2C(C)(C)C)Oc2ccc(C)cc2C(C)(C)C)c1.Cc1cc(C)c(OC(=O)OC(C)(C)C)c(-c2cc(C)cc(C)c2OP(Oc2ccccc2)Oc2ccccc2)c1. The number of carbonyl (C=O) groups is 3. The van der Waals surface area contributed by atoms with Gasteiger partial charge >= 0.3 is 44.3 Å². The zero-order valence-corrected chi connectivity index (χ0v) is 89.9. The maximum absolute atomic E-state index is 13.0. The molecule has 0 aromatic heterocycles. The van der Waals surface area contributed by atoms with Gasteiger partial charge in [-0.05, 0) is 356 Å². The maximum Gasteiger partial charge on any atom is 0.530 e. The number of aryl methyl sites for hydroxylation is 14. The van der Waals surface area contributed by atoms with Gasteiger partial charge in [0.25, 0.3) is 0 Å². The first-order valence-electron chi connectivity index (χ1n) is 47.5. The third kappa shape index (κ3) is 30.5. The van der Waals surface area contributed by atoms with E-state index in [0.717, 1.165) is 128 Å². The molecule has 0 aliphatic heterocycles. The summed E-state index contributed by atoms with van der Waals surface area (Å²) in [5.74, 6) is 6.75. The molecule has 0 spiro atoms. The van der Waals surface area contributed by atoms with Crippen molar-refractivity contribution in [3.63, 3.8) is 0 Å². The van der Waals surface area contributed by atoms with Gasteiger partial charge in [-0.1, -0.05) is 235 Å². The van der Waals surface area contributed by atoms with Gasteiger partial charge in [0, 0.05) is 44.5 Å². The quantitative estimate of drug-likeness (QED) is 0.0215. The molecule has 0 amide bonds. The topological polar surface area (TPSA) is 190 Å². The van der Waals surface area contributed by atoms with Crippen molar-refractivity contribution in [3.8, 4) is 125 Å². The van der Waals surface area contributed by atoms with Crippen molar-refractivity contribution < 1.29 is 83.5 Å². The highest BCUT2D eigenvalue weighted by Crippen LogP contribution is 2.55. The lowest BCUT2D eigenvalue weighted by Crippen LogP contribution is -2.26. The summed E-state index contributed by atoms with van der Waals surface area (Å²) in [7, 11) is -6.02. The Labute approximate surface area is 843 Å². The molecule has 0 aliphatic rings. The zero-order chi connectivity index (χ0) is 103. The van der Waals surface area contributed by atoms with E-state index < -0.39 is 61.1 Å². The second-order valence-corrected chi connectivity index (χ2v) is 43.8. The van der Waals surface area contributed by atoms with E-state index >= 15 is 0 Å². The Kier molecular flexibility index (Phi) is 35.0. The maximum atomic E-state index is 13.0. The molecule has 0 unspecified atom stereocenters. The van der Waals surface area contributed by atoms with Crippen LogP contribution in [0.4, 0.5) is 14.4 Å². The molecule has 0 bridgehead atoms. The fraction of sp³-hybridized carbons (Fsp3) is 0.281. The lowest BCUT2D eigenvalue weighted by molar-refractivity contribution is 0.0192. The minimum Gasteiger partial charge on any atom is -0.428 e. The first-order valence-corrected chi connectivity index (χ1v) is 50.8. The van der Waals surface area contributed by atoms with Gasteiger partial charge in [0.15, 0.2) is 0 Å². The van der Waals surface area contributed by atoms with Gasteiger partial charge in [0.2, 0.25) is 0 Å². The summed E-state index contributed by atoms with van der Waals surface area (Å²) >= 11 is 0. The van der Waals surface area contributed by atoms with E-state index in [2.05, 4.69) is 97.9 Å². The van der Waals surface area contributed by atoms with Crippen LogP contribution in [0.1, 0.15) is 193 Å². The lowest BCUT2D eigenvalue weighted by Gasteiger charge is -2.28. The second kappa shape index (κ2) is 46.4. The molecular formula is C121H133O18P3. The molecule has 0 atom stereocenters. The highest BCUT2D eigenvalue weighted by molar-refractivity contribution is 7.43. The molecule has 14 aromatic rings. The number of benzene rings is 14. The van der Waals surface area contributed by atoms with E-state index in [0.29, 0.717) is 85.7 Å². The third-order valence-corrected chi connectivity index (χ3v) is 25.1. The predicted octanol–water partition coefficient (Wildman–Crippen LogP) is 35.5. The van der Waals surface area contributed by atoms with Gasteiger partial charge in [0.1, 0.15) is 85.8 Å². The van der Waals surface area contributed by atoms with Crippen molar-refractivity contribution in [2.45, 2.75) is 228 Å². The number of carbonyl (C=O) groups excluding carboxylic acids is 3. The number of hydrogen-bond acceptors (Lipinski definition) is 18. The third-order valence-electron chi connectivity index (χ3n) is 22.0. The molecule has 21 heteroatoms. The van der Waals surface area contributed by atoms with Crippen LogP contribution in [0.5, 0.6) is 69.0 Å². The molecule has 740 valence electrons. The van der Waals surface area contributed by atoms with Crippen molar-refractivity contribution in [1.29, 1.82) is 0 Å². The molecule has 0 saturated carbocycles. The molecule has 0 fully saturated rings. The number of rotatable bonds is 26. The van der Waals surface area contributed by atoms with Crippen LogP contribution >= 0.6 is 25.8 Å². The lowest BCUT2D eigenvalue weighted by atomic mass is 9.85. The van der Waals surface area contributed by atoms with Gasteiger partial charge in [0.05, 0.1) is 0 Å². The van der Waals surface area contributed by atoms with Crippen LogP contribution in [0, 0.1) is 96.9 Å². The molecule has 0 heterocycles. The summed E-state index contributed by atoms with van der Waals surface area (Å²) in [5.41, 5.74) is 21.8. The van der Waals surface area contributed by atoms with Gasteiger partial charge < -0.3 is 69.1 Å². The molecule has 14 rings (SSSR count). The first kappa shape index (κ1) is 107. The largest absolute Gasteiger partial charge is 0.530 e. The summed E-state index contributed by atoms with van der Waals surface area (Å²) in [6, 6.07) is 91.5. The Morgan fingerprint density at radius 2 is 0.415 bits per heavy atom. The molecule has 0 aliphatic carbocycles. The molecule has 18 nitrogen and oxygen atoms in total. The average Bonchev–Trinajstić information content (AvgIpc) is 0.778. The van der Waals surface area contributed by atoms with Crippen LogP contribution < -0.4 is 54.9 Å². The average molecular weight is 1970 g/mol. The minimum absolute atomic E-state index is 0.194. The summed E-state index contributed by atoms with van der Waals surface area (Å²) in [6.07, 6.45) is -2.32. The smallest absolute Gasteiger partial charge is 0.428 e. The van der Waals surface area contributed by atoms with Gasteiger partial charge in [-0.15, -0.1) is 0 Å². The van der Waals surface area contributed by atoms with E-state index in [9.17, 15) is 14.4 Å². The van der Waals surface area contributed by atoms with E-state index in [1.165, 1.54) is 0 Å². The first-order chi connectivity index (χ1) is 66.9. The standard InChI is InChI=1S/C45H43O6P.C43H55O6P.C33H35O6P/c1-30-26-32(3)42(47-44(46)48-45(5,6)7)40(28-30)41-29-31(2)27-33(4)43(41)51-52(49-38-22-18-36(19-23-38)34-14-10-8-11-15-34)50-39-24-20-37(21-25-39)35-16-12-9-13-17-35;1-26-16-18-36(34(24-26)41(7,8)9)47-50(48-37-19-17-27(2)25-35(37)42(10,11)12)49-39-31(6)21-29(4)23-33(39)32-22-28(3)20-30(5)38(32)45-40(44)46-43(13,14)15;1-22-18-24(3)30(35-32(34)36-33(5,6)7)28(20-22)29-21-23(2)19-25(4)31(29)39-40(37-26-14-10-8-11-15-26)38-27-16-12-9-13-17-27/h8-29H,1-7H3;16-25H,1-15H3;8-21H,1-7H3. The minimum atomic E-state index is -2.06. The van der Waals surface area contributed by atoms with Crippen LogP contribution in [0.2, 0.25) is 0 Å². The van der Waals surface area contributed by atoms with Crippen molar-refractivity contribution in [3.05, 3.63) is 368 Å². The predicted molar refractivity (Wildman–Crippen MR) is 576 cm³/mol. The molecular weight excluding hydrogens is 1830 g/mol. The normalized spacial score (nSPS) is 11.5. The zero-order valence-electron chi connectivity index (χ0n) is 87.2. The second-order valence-electron chi connectivity index (χ2n) is 40.8. The van der Waals surface area contributed by atoms with Crippen molar-refractivity contribution in [2.24, 2.45) is 0 Å². The van der Waals surface area contributed by atoms with E-state index in [1.807, 2.05) is 340 Å². The Hall–Kier alpha value is -13.6. The monoisotopic (exact) mass is 1970 g/mol. The van der Waals surface area contributed by atoms with Gasteiger partial charge in [-0.2, -0.15) is 0 Å². The number of hydrogen-bond donors (Lipinski definition) is 0. The van der Waals surface area contributed by atoms with E-state index in [1.54, 1.807) is 41.5 Å². The van der Waals surface area contributed by atoms with Crippen LogP contribution in [0.15, 0.2) is 279 Å². The van der Waals surface area contributed by atoms with E-state index in [4.69, 9.17) is 69.1 Å². The summed E-state index contributed by atoms with van der Waals surface area (Å²) in [6.45, 7) is 57.3. The molecule has 0 radical (unpaired) electrons. The van der Waals surface area contributed by atoms with Crippen molar-refractivity contribution in [2.75, 3.05) is 0 Å². The summed E-state index contributed by atoms with van der Waals surface area (Å²) in [4.78, 5) is 38.7. The number of para-hydroxylation sites is 2. The molecule has 142 heavy (non-hydrogen) atoms. The van der Waals surface area contributed by atoms with Gasteiger partial charge in [-0.3, -0.25) is 0 Å². The highest BCUT2D eigenvalue weighted by atomic mass is 31.2. The Morgan fingerprint density at radius 1 is 0.204 bits per heavy atom. The molecule has 0 saturated heterocycles. The molecule has 0 N–H and O–H groups in total. The Morgan fingerprint density at radius 3 is 0.655 bits per heavy atom. The fourth-order valence-corrected chi connectivity index (χ4v) is 19.2. The Bertz CT molecular complexity index is 6560. The highest BCUT2D eigenvalue weighted by Gasteiger charge is 2.35. The van der Waals surface area contributed by atoms with Crippen LogP contribution in [0.25, 0.3) is 55.6 Å². The van der Waals surface area contributed by atoms with Gasteiger partial charge in [-0.25, -0.2) is 14.4 Å². The fourth-order valence-electron chi connectivity index (χ4n) is 15.9. The summed E-state index contributed by atoms with van der Waals surface area (Å²) in [5, 5.41) is 0. The number of ether oxygens (including phenoxy) is 6. The summed E-state index contributed by atoms with van der Waals surface area (Å²) < 4.78 is 93.6. The molecule has 14 aromatic carbocycles. The van der Waals surface area contributed by atoms with Crippen LogP contribution in [-0.4, -0.2) is 35.3 Å².